The molecule has 1 heterocycles. The summed E-state index contributed by atoms with van der Waals surface area (Å²) in [5.74, 6) is 0.0465. The molecule has 0 aliphatic carbocycles. The molecule has 21 heavy (non-hydrogen) atoms. The Labute approximate surface area is 139 Å². The van der Waals surface area contributed by atoms with Gasteiger partial charge in [-0.15, -0.1) is 0 Å². The Balaban J connectivity index is 2.30. The fraction of sp³-hybridized carbons (Fsp3) is 0.438. The van der Waals surface area contributed by atoms with E-state index in [1.54, 1.807) is 0 Å². The number of aromatic nitrogens is 2. The van der Waals surface area contributed by atoms with E-state index in [9.17, 15) is 5.11 Å². The molecule has 0 saturated heterocycles. The Hall–Kier alpha value is -0.840. The van der Waals surface area contributed by atoms with E-state index in [0.717, 1.165) is 40.8 Å². The highest BCUT2D eigenvalue weighted by atomic mass is 79.9. The van der Waals surface area contributed by atoms with E-state index in [1.807, 2.05) is 28.9 Å². The van der Waals surface area contributed by atoms with Gasteiger partial charge in [-0.2, -0.15) is 5.10 Å². The zero-order valence-electron chi connectivity index (χ0n) is 12.3. The van der Waals surface area contributed by atoms with E-state index >= 15 is 0 Å². The molecule has 1 unspecified atom stereocenters. The number of hydrogen-bond donors (Lipinski definition) is 1. The monoisotopic (exact) mass is 370 g/mol. The Morgan fingerprint density at radius 3 is 2.48 bits per heavy atom. The van der Waals surface area contributed by atoms with Crippen molar-refractivity contribution in [3.63, 3.8) is 0 Å². The average Bonchev–Trinajstić information content (AvgIpc) is 2.81. The number of hydrogen-bond acceptors (Lipinski definition) is 2. The summed E-state index contributed by atoms with van der Waals surface area (Å²) in [6.07, 6.45) is 1.64. The maximum Gasteiger partial charge on any atom is 0.0766 e. The molecule has 3 nitrogen and oxygen atoms in total. The largest absolute Gasteiger partial charge is 0.396 e. The zero-order valence-corrected chi connectivity index (χ0v) is 14.7. The molecule has 1 atom stereocenters. The van der Waals surface area contributed by atoms with Gasteiger partial charge in [-0.3, -0.25) is 4.68 Å². The van der Waals surface area contributed by atoms with E-state index in [2.05, 4.69) is 34.9 Å². The molecule has 1 N–H and O–H groups in total. The van der Waals surface area contributed by atoms with Gasteiger partial charge in [0.05, 0.1) is 22.5 Å². The topological polar surface area (TPSA) is 38.0 Å². The predicted octanol–water partition coefficient (Wildman–Crippen LogP) is 4.20. The fourth-order valence-electron chi connectivity index (χ4n) is 2.47. The molecule has 2 aromatic rings. The van der Waals surface area contributed by atoms with Crippen LogP contribution in [0.4, 0.5) is 0 Å². The van der Waals surface area contributed by atoms with Gasteiger partial charge < -0.3 is 5.11 Å². The Morgan fingerprint density at radius 1 is 1.29 bits per heavy atom. The van der Waals surface area contributed by atoms with Crippen molar-refractivity contribution in [2.75, 3.05) is 6.61 Å². The minimum atomic E-state index is 0.0465. The molecule has 0 amide bonds. The molecule has 0 fully saturated rings. The molecule has 0 aliphatic rings. The van der Waals surface area contributed by atoms with Crippen LogP contribution in [0.1, 0.15) is 36.7 Å². The van der Waals surface area contributed by atoms with E-state index in [-0.39, 0.29) is 12.5 Å². The smallest absolute Gasteiger partial charge is 0.0766 e. The third kappa shape index (κ3) is 3.68. The number of rotatable bonds is 6. The van der Waals surface area contributed by atoms with Crippen molar-refractivity contribution in [1.29, 1.82) is 0 Å². The summed E-state index contributed by atoms with van der Waals surface area (Å²) in [6.45, 7) is 5.11. The van der Waals surface area contributed by atoms with E-state index < -0.39 is 0 Å². The Bertz CT molecular complexity index is 595. The number of aliphatic hydroxyl groups excluding tert-OH is 1. The van der Waals surface area contributed by atoms with Gasteiger partial charge >= 0.3 is 0 Å². The van der Waals surface area contributed by atoms with Crippen LogP contribution in [0, 0.1) is 0 Å². The van der Waals surface area contributed by atoms with Gasteiger partial charge in [0.15, 0.2) is 0 Å². The van der Waals surface area contributed by atoms with Crippen molar-refractivity contribution < 1.29 is 5.11 Å². The van der Waals surface area contributed by atoms with Gasteiger partial charge in [-0.1, -0.05) is 30.7 Å². The fourth-order valence-corrected chi connectivity index (χ4v) is 3.32. The standard InChI is InChI=1S/C16H20BrClN2O/c1-3-14-16(17)15(20(4-2)19-14)9-12(10-21)11-5-7-13(18)8-6-11/h5-8,12,21H,3-4,9-10H2,1-2H3. The summed E-state index contributed by atoms with van der Waals surface area (Å²) >= 11 is 9.59. The van der Waals surface area contributed by atoms with Crippen molar-refractivity contribution >= 4 is 27.5 Å². The summed E-state index contributed by atoms with van der Waals surface area (Å²) in [4.78, 5) is 0. The van der Waals surface area contributed by atoms with Gasteiger partial charge in [0, 0.05) is 17.5 Å². The van der Waals surface area contributed by atoms with Gasteiger partial charge in [0.1, 0.15) is 0 Å². The van der Waals surface area contributed by atoms with Gasteiger partial charge in [-0.05, 0) is 53.4 Å². The Morgan fingerprint density at radius 2 is 1.95 bits per heavy atom. The molecule has 2 rings (SSSR count). The lowest BCUT2D eigenvalue weighted by Gasteiger charge is -2.16. The first-order valence-electron chi connectivity index (χ1n) is 7.21. The quantitative estimate of drug-likeness (QED) is 0.826. The summed E-state index contributed by atoms with van der Waals surface area (Å²) in [6, 6.07) is 7.68. The second kappa shape index (κ2) is 7.43. The molecule has 0 saturated carbocycles. The zero-order chi connectivity index (χ0) is 15.4. The Kier molecular flexibility index (Phi) is 5.85. The van der Waals surface area contributed by atoms with Gasteiger partial charge in [0.25, 0.3) is 0 Å². The van der Waals surface area contributed by atoms with Gasteiger partial charge in [0.2, 0.25) is 0 Å². The third-order valence-corrected chi connectivity index (χ3v) is 4.86. The summed E-state index contributed by atoms with van der Waals surface area (Å²) in [5, 5.41) is 15.1. The molecule has 0 spiro atoms. The average molecular weight is 372 g/mol. The number of nitrogens with zero attached hydrogens (tertiary/aromatic N) is 2. The first kappa shape index (κ1) is 16.5. The van der Waals surface area contributed by atoms with Crippen LogP contribution >= 0.6 is 27.5 Å². The summed E-state index contributed by atoms with van der Waals surface area (Å²) in [5.41, 5.74) is 3.30. The molecule has 1 aromatic heterocycles. The van der Waals surface area contributed by atoms with E-state index in [4.69, 9.17) is 11.6 Å². The highest BCUT2D eigenvalue weighted by Gasteiger charge is 2.19. The highest BCUT2D eigenvalue weighted by Crippen LogP contribution is 2.28. The predicted molar refractivity (Wildman–Crippen MR) is 90.0 cm³/mol. The second-order valence-corrected chi connectivity index (χ2v) is 6.24. The van der Waals surface area contributed by atoms with Crippen LogP contribution < -0.4 is 0 Å². The lowest BCUT2D eigenvalue weighted by Crippen LogP contribution is -2.12. The number of aliphatic hydroxyl groups is 1. The molecular formula is C16H20BrClN2O. The van der Waals surface area contributed by atoms with Gasteiger partial charge in [-0.25, -0.2) is 0 Å². The maximum absolute atomic E-state index is 9.75. The molecular weight excluding hydrogens is 352 g/mol. The lowest BCUT2D eigenvalue weighted by atomic mass is 9.95. The molecule has 1 aromatic carbocycles. The SMILES string of the molecule is CCc1nn(CC)c(CC(CO)c2ccc(Cl)cc2)c1Br. The van der Waals surface area contributed by atoms with Crippen LogP contribution in [-0.4, -0.2) is 21.5 Å². The minimum Gasteiger partial charge on any atom is -0.396 e. The minimum absolute atomic E-state index is 0.0465. The molecule has 114 valence electrons. The molecule has 0 radical (unpaired) electrons. The van der Waals surface area contributed by atoms with E-state index in [1.165, 1.54) is 0 Å². The number of benzene rings is 1. The third-order valence-electron chi connectivity index (χ3n) is 3.70. The number of aryl methyl sites for hydroxylation is 2. The van der Waals surface area contributed by atoms with Crippen molar-refractivity contribution in [2.45, 2.75) is 39.2 Å². The van der Waals surface area contributed by atoms with E-state index in [0.29, 0.717) is 5.02 Å². The highest BCUT2D eigenvalue weighted by molar-refractivity contribution is 9.10. The van der Waals surface area contributed by atoms with Crippen molar-refractivity contribution in [2.24, 2.45) is 0 Å². The lowest BCUT2D eigenvalue weighted by molar-refractivity contribution is 0.262. The molecule has 0 bridgehead atoms. The van der Waals surface area contributed by atoms with Crippen molar-refractivity contribution in [1.82, 2.24) is 9.78 Å². The first-order valence-corrected chi connectivity index (χ1v) is 8.38. The van der Waals surface area contributed by atoms with Crippen molar-refractivity contribution in [3.05, 3.63) is 50.7 Å². The summed E-state index contributed by atoms with van der Waals surface area (Å²) in [7, 11) is 0. The van der Waals surface area contributed by atoms with Crippen LogP contribution in [-0.2, 0) is 19.4 Å². The first-order chi connectivity index (χ1) is 10.1. The van der Waals surface area contributed by atoms with Crippen LogP contribution in [0.25, 0.3) is 0 Å². The summed E-state index contributed by atoms with van der Waals surface area (Å²) < 4.78 is 3.08. The van der Waals surface area contributed by atoms with Crippen molar-refractivity contribution in [3.8, 4) is 0 Å². The van der Waals surface area contributed by atoms with Crippen LogP contribution in [0.2, 0.25) is 5.02 Å². The molecule has 0 aliphatic heterocycles. The van der Waals surface area contributed by atoms with Crippen LogP contribution in [0.3, 0.4) is 0 Å². The molecule has 5 heteroatoms. The maximum atomic E-state index is 9.75. The van der Waals surface area contributed by atoms with Crippen LogP contribution in [0.15, 0.2) is 28.7 Å². The number of halogens is 2. The second-order valence-electron chi connectivity index (χ2n) is 5.01. The normalized spacial score (nSPS) is 12.6. The van der Waals surface area contributed by atoms with Crippen LogP contribution in [0.5, 0.6) is 0 Å².